The third-order valence-electron chi connectivity index (χ3n) is 3.62. The molecule has 1 heterocycles. The Bertz CT molecular complexity index is 616. The third kappa shape index (κ3) is 3.54. The standard InChI is InChI=1S/C13H18N4O2S/c14-7-11-6-12(9-16-8-11)20(18,19)17-10-13(15)4-2-1-3-5-13/h6,8-9,17H,1-5,10,15H2. The van der Waals surface area contributed by atoms with Gasteiger partial charge in [-0.15, -0.1) is 0 Å². The smallest absolute Gasteiger partial charge is 0.242 e. The molecule has 0 unspecified atom stereocenters. The highest BCUT2D eigenvalue weighted by Crippen LogP contribution is 2.25. The minimum absolute atomic E-state index is 0.00374. The highest BCUT2D eigenvalue weighted by Gasteiger charge is 2.29. The molecule has 3 N–H and O–H groups in total. The van der Waals surface area contributed by atoms with Gasteiger partial charge in [0.2, 0.25) is 10.0 Å². The molecule has 1 saturated carbocycles. The lowest BCUT2D eigenvalue weighted by molar-refractivity contribution is 0.296. The van der Waals surface area contributed by atoms with Gasteiger partial charge in [-0.05, 0) is 18.9 Å². The molecule has 108 valence electrons. The summed E-state index contributed by atoms with van der Waals surface area (Å²) >= 11 is 0. The Hall–Kier alpha value is -1.49. The second-order valence-electron chi connectivity index (χ2n) is 5.27. The average Bonchev–Trinajstić information content (AvgIpc) is 2.46. The molecule has 1 aromatic rings. The predicted molar refractivity (Wildman–Crippen MR) is 74.1 cm³/mol. The minimum atomic E-state index is -3.67. The van der Waals surface area contributed by atoms with Crippen molar-refractivity contribution in [3.8, 4) is 6.07 Å². The van der Waals surface area contributed by atoms with Crippen LogP contribution in [-0.2, 0) is 10.0 Å². The highest BCUT2D eigenvalue weighted by atomic mass is 32.2. The summed E-state index contributed by atoms with van der Waals surface area (Å²) in [7, 11) is -3.67. The van der Waals surface area contributed by atoms with Crippen LogP contribution in [0.5, 0.6) is 0 Å². The van der Waals surface area contributed by atoms with Crippen molar-refractivity contribution in [2.75, 3.05) is 6.54 Å². The Balaban J connectivity index is 2.09. The fourth-order valence-corrected chi connectivity index (χ4v) is 3.51. The van der Waals surface area contributed by atoms with Gasteiger partial charge in [0.15, 0.2) is 0 Å². The number of nitriles is 1. The van der Waals surface area contributed by atoms with Gasteiger partial charge < -0.3 is 5.73 Å². The predicted octanol–water partition coefficient (Wildman–Crippen LogP) is 0.893. The molecule has 0 aromatic carbocycles. The van der Waals surface area contributed by atoms with Crippen LogP contribution in [0.2, 0.25) is 0 Å². The van der Waals surface area contributed by atoms with E-state index in [0.717, 1.165) is 32.1 Å². The van der Waals surface area contributed by atoms with Crippen molar-refractivity contribution in [1.82, 2.24) is 9.71 Å². The van der Waals surface area contributed by atoms with Crippen LogP contribution in [0, 0.1) is 11.3 Å². The van der Waals surface area contributed by atoms with E-state index in [1.807, 2.05) is 6.07 Å². The number of hydrogen-bond donors (Lipinski definition) is 2. The lowest BCUT2D eigenvalue weighted by atomic mass is 9.83. The van der Waals surface area contributed by atoms with Crippen molar-refractivity contribution in [1.29, 1.82) is 5.26 Å². The molecule has 0 radical (unpaired) electrons. The van der Waals surface area contributed by atoms with Crippen LogP contribution in [0.25, 0.3) is 0 Å². The SMILES string of the molecule is N#Cc1cncc(S(=O)(=O)NCC2(N)CCCCC2)c1. The van der Waals surface area contributed by atoms with E-state index in [4.69, 9.17) is 11.0 Å². The molecule has 6 nitrogen and oxygen atoms in total. The number of pyridine rings is 1. The maximum Gasteiger partial charge on any atom is 0.242 e. The molecule has 1 aliphatic carbocycles. The van der Waals surface area contributed by atoms with Crippen molar-refractivity contribution in [3.63, 3.8) is 0 Å². The Labute approximate surface area is 119 Å². The number of nitrogens with zero attached hydrogens (tertiary/aromatic N) is 2. The zero-order valence-electron chi connectivity index (χ0n) is 11.2. The van der Waals surface area contributed by atoms with Crippen molar-refractivity contribution in [2.24, 2.45) is 5.73 Å². The van der Waals surface area contributed by atoms with Gasteiger partial charge in [0.1, 0.15) is 11.0 Å². The molecule has 0 amide bonds. The Morgan fingerprint density at radius 1 is 1.35 bits per heavy atom. The highest BCUT2D eigenvalue weighted by molar-refractivity contribution is 7.89. The number of rotatable bonds is 4. The van der Waals surface area contributed by atoms with Crippen LogP contribution in [0.15, 0.2) is 23.4 Å². The van der Waals surface area contributed by atoms with Gasteiger partial charge in [-0.3, -0.25) is 4.98 Å². The molecule has 0 spiro atoms. The molecule has 1 aliphatic rings. The maximum absolute atomic E-state index is 12.2. The first-order chi connectivity index (χ1) is 9.45. The van der Waals surface area contributed by atoms with Crippen molar-refractivity contribution in [2.45, 2.75) is 42.5 Å². The second kappa shape index (κ2) is 5.87. The molecule has 0 atom stereocenters. The van der Waals surface area contributed by atoms with Crippen molar-refractivity contribution < 1.29 is 8.42 Å². The van der Waals surface area contributed by atoms with Gasteiger partial charge in [0.05, 0.1) is 5.56 Å². The van der Waals surface area contributed by atoms with E-state index >= 15 is 0 Å². The number of aromatic nitrogens is 1. The van der Waals surface area contributed by atoms with E-state index in [2.05, 4.69) is 9.71 Å². The summed E-state index contributed by atoms with van der Waals surface area (Å²) in [6.45, 7) is 0.214. The quantitative estimate of drug-likeness (QED) is 0.857. The van der Waals surface area contributed by atoms with Crippen LogP contribution >= 0.6 is 0 Å². The third-order valence-corrected chi connectivity index (χ3v) is 4.98. The molecule has 1 aromatic heterocycles. The van der Waals surface area contributed by atoms with E-state index in [9.17, 15) is 8.42 Å². The zero-order valence-corrected chi connectivity index (χ0v) is 12.0. The van der Waals surface area contributed by atoms with Crippen LogP contribution in [0.3, 0.4) is 0 Å². The molecule has 2 rings (SSSR count). The average molecular weight is 294 g/mol. The van der Waals surface area contributed by atoms with Gasteiger partial charge in [0.25, 0.3) is 0 Å². The van der Waals surface area contributed by atoms with Crippen LogP contribution in [0.4, 0.5) is 0 Å². The first kappa shape index (κ1) is 14.9. The molecule has 20 heavy (non-hydrogen) atoms. The lowest BCUT2D eigenvalue weighted by Gasteiger charge is -2.33. The van der Waals surface area contributed by atoms with Crippen LogP contribution < -0.4 is 10.5 Å². The minimum Gasteiger partial charge on any atom is -0.324 e. The lowest BCUT2D eigenvalue weighted by Crippen LogP contribution is -2.51. The van der Waals surface area contributed by atoms with Gasteiger partial charge in [-0.1, -0.05) is 19.3 Å². The molecule has 0 bridgehead atoms. The Morgan fingerprint density at radius 2 is 2.05 bits per heavy atom. The van der Waals surface area contributed by atoms with Gasteiger partial charge in [-0.2, -0.15) is 5.26 Å². The second-order valence-corrected chi connectivity index (χ2v) is 7.04. The molecular formula is C13H18N4O2S. The Kier molecular flexibility index (Phi) is 4.38. The van der Waals surface area contributed by atoms with E-state index in [1.165, 1.54) is 18.5 Å². The van der Waals surface area contributed by atoms with Crippen molar-refractivity contribution >= 4 is 10.0 Å². The number of nitrogens with one attached hydrogen (secondary N) is 1. The first-order valence-electron chi connectivity index (χ1n) is 6.59. The summed E-state index contributed by atoms with van der Waals surface area (Å²) in [6.07, 6.45) is 7.42. The van der Waals surface area contributed by atoms with Gasteiger partial charge in [-0.25, -0.2) is 13.1 Å². The summed E-state index contributed by atoms with van der Waals surface area (Å²) in [6, 6.07) is 3.18. The number of hydrogen-bond acceptors (Lipinski definition) is 5. The fraction of sp³-hybridized carbons (Fsp3) is 0.538. The normalized spacial score (nSPS) is 18.4. The molecule has 1 fully saturated rings. The van der Waals surface area contributed by atoms with E-state index in [0.29, 0.717) is 0 Å². The summed E-state index contributed by atoms with van der Waals surface area (Å²) in [5, 5.41) is 8.78. The number of sulfonamides is 1. The van der Waals surface area contributed by atoms with Gasteiger partial charge >= 0.3 is 0 Å². The Morgan fingerprint density at radius 3 is 2.70 bits per heavy atom. The molecule has 0 saturated heterocycles. The summed E-state index contributed by atoms with van der Waals surface area (Å²) in [5.41, 5.74) is 5.95. The first-order valence-corrected chi connectivity index (χ1v) is 8.07. The summed E-state index contributed by atoms with van der Waals surface area (Å²) in [4.78, 5) is 3.76. The maximum atomic E-state index is 12.2. The summed E-state index contributed by atoms with van der Waals surface area (Å²) < 4.78 is 26.9. The number of nitrogens with two attached hydrogens (primary N) is 1. The van der Waals surface area contributed by atoms with E-state index in [1.54, 1.807) is 0 Å². The molecule has 0 aliphatic heterocycles. The fourth-order valence-electron chi connectivity index (χ4n) is 2.38. The van der Waals surface area contributed by atoms with Gasteiger partial charge in [0, 0.05) is 24.5 Å². The van der Waals surface area contributed by atoms with Crippen molar-refractivity contribution in [3.05, 3.63) is 24.0 Å². The van der Waals surface area contributed by atoms with E-state index < -0.39 is 15.6 Å². The van der Waals surface area contributed by atoms with Crippen LogP contribution in [-0.4, -0.2) is 25.5 Å². The molecular weight excluding hydrogens is 276 g/mol. The van der Waals surface area contributed by atoms with Crippen LogP contribution in [0.1, 0.15) is 37.7 Å². The van der Waals surface area contributed by atoms with E-state index in [-0.39, 0.29) is 17.0 Å². The summed E-state index contributed by atoms with van der Waals surface area (Å²) in [5.74, 6) is 0. The largest absolute Gasteiger partial charge is 0.324 e. The molecule has 7 heteroatoms. The monoisotopic (exact) mass is 294 g/mol. The zero-order chi connectivity index (χ0) is 14.6. The topological polar surface area (TPSA) is 109 Å².